The first kappa shape index (κ1) is 12.3. The van der Waals surface area contributed by atoms with Crippen LogP contribution in [0.25, 0.3) is 0 Å². The van der Waals surface area contributed by atoms with Gasteiger partial charge in [-0.1, -0.05) is 5.10 Å². The van der Waals surface area contributed by atoms with Crippen LogP contribution in [0.1, 0.15) is 18.7 Å². The van der Waals surface area contributed by atoms with E-state index in [0.717, 1.165) is 0 Å². The molecule has 1 aromatic heterocycles. The van der Waals surface area contributed by atoms with Crippen LogP contribution in [0.2, 0.25) is 0 Å². The van der Waals surface area contributed by atoms with Crippen LogP contribution in [0.15, 0.2) is 4.42 Å². The fourth-order valence-corrected chi connectivity index (χ4v) is 3.23. The van der Waals surface area contributed by atoms with E-state index in [9.17, 15) is 8.42 Å². The summed E-state index contributed by atoms with van der Waals surface area (Å²) >= 11 is 0. The maximum Gasteiger partial charge on any atom is 0.315 e. The van der Waals surface area contributed by atoms with Crippen molar-refractivity contribution < 1.29 is 12.8 Å². The first-order valence-corrected chi connectivity index (χ1v) is 7.35. The van der Waals surface area contributed by atoms with Gasteiger partial charge in [0.1, 0.15) is 9.84 Å². The van der Waals surface area contributed by atoms with Gasteiger partial charge in [-0.15, -0.1) is 5.10 Å². The van der Waals surface area contributed by atoms with Gasteiger partial charge in [0.25, 0.3) is 0 Å². The molecule has 2 rings (SSSR count). The number of anilines is 1. The van der Waals surface area contributed by atoms with E-state index >= 15 is 0 Å². The normalized spacial score (nSPS) is 20.3. The highest BCUT2D eigenvalue weighted by Crippen LogP contribution is 2.16. The third kappa shape index (κ3) is 3.40. The maximum absolute atomic E-state index is 11.3. The van der Waals surface area contributed by atoms with Crippen LogP contribution >= 0.6 is 0 Å². The molecule has 0 unspecified atom stereocenters. The van der Waals surface area contributed by atoms with Gasteiger partial charge >= 0.3 is 6.01 Å². The lowest BCUT2D eigenvalue weighted by Crippen LogP contribution is -2.32. The molecule has 1 aliphatic rings. The molecule has 0 radical (unpaired) electrons. The van der Waals surface area contributed by atoms with Crippen molar-refractivity contribution in [3.05, 3.63) is 5.89 Å². The molecule has 1 aromatic rings. The van der Waals surface area contributed by atoms with Crippen molar-refractivity contribution in [3.8, 4) is 0 Å². The van der Waals surface area contributed by atoms with Gasteiger partial charge < -0.3 is 15.1 Å². The number of sulfone groups is 1. The van der Waals surface area contributed by atoms with Gasteiger partial charge in [-0.05, 0) is 19.9 Å². The first-order valence-electron chi connectivity index (χ1n) is 5.53. The zero-order chi connectivity index (χ0) is 12.3. The van der Waals surface area contributed by atoms with E-state index in [-0.39, 0.29) is 17.5 Å². The summed E-state index contributed by atoms with van der Waals surface area (Å²) in [6.07, 6.45) is 1.18. The van der Waals surface area contributed by atoms with E-state index < -0.39 is 9.84 Å². The Morgan fingerprint density at radius 1 is 1.35 bits per heavy atom. The standard InChI is InChI=1S/C9H16N4O3S/c1-10-6-8-12-13-9(16-8)11-7-2-4-17(14,15)5-3-7/h7,10H,2-6H2,1H3,(H,11,13). The van der Waals surface area contributed by atoms with E-state index in [1.807, 2.05) is 0 Å². The lowest BCUT2D eigenvalue weighted by Gasteiger charge is -2.21. The summed E-state index contributed by atoms with van der Waals surface area (Å²) in [5, 5.41) is 13.7. The molecule has 2 N–H and O–H groups in total. The van der Waals surface area contributed by atoms with E-state index in [0.29, 0.717) is 31.3 Å². The lowest BCUT2D eigenvalue weighted by molar-refractivity contribution is 0.478. The van der Waals surface area contributed by atoms with Crippen molar-refractivity contribution in [2.45, 2.75) is 25.4 Å². The minimum absolute atomic E-state index is 0.0985. The predicted molar refractivity (Wildman–Crippen MR) is 62.4 cm³/mol. The van der Waals surface area contributed by atoms with Crippen LogP contribution in [-0.4, -0.2) is 43.2 Å². The zero-order valence-corrected chi connectivity index (χ0v) is 10.5. The smallest absolute Gasteiger partial charge is 0.315 e. The monoisotopic (exact) mass is 260 g/mol. The van der Waals surface area contributed by atoms with Crippen molar-refractivity contribution in [2.24, 2.45) is 0 Å². The molecule has 0 aliphatic carbocycles. The van der Waals surface area contributed by atoms with Crippen molar-refractivity contribution in [3.63, 3.8) is 0 Å². The number of nitrogens with one attached hydrogen (secondary N) is 2. The molecule has 0 bridgehead atoms. The quantitative estimate of drug-likeness (QED) is 0.772. The molecule has 0 amide bonds. The lowest BCUT2D eigenvalue weighted by atomic mass is 10.2. The third-order valence-corrected chi connectivity index (χ3v) is 4.39. The Hall–Kier alpha value is -1.15. The minimum Gasteiger partial charge on any atom is -0.407 e. The van der Waals surface area contributed by atoms with Crippen LogP contribution < -0.4 is 10.6 Å². The topological polar surface area (TPSA) is 97.1 Å². The largest absolute Gasteiger partial charge is 0.407 e. The summed E-state index contributed by atoms with van der Waals surface area (Å²) in [6, 6.07) is 0.459. The Balaban J connectivity index is 1.88. The third-order valence-electron chi connectivity index (χ3n) is 2.68. The Morgan fingerprint density at radius 3 is 2.71 bits per heavy atom. The Bertz CT molecular complexity index is 456. The summed E-state index contributed by atoms with van der Waals surface area (Å²) in [4.78, 5) is 0. The van der Waals surface area contributed by atoms with Gasteiger partial charge in [0.05, 0.1) is 18.1 Å². The zero-order valence-electron chi connectivity index (χ0n) is 9.64. The second-order valence-electron chi connectivity index (χ2n) is 4.10. The highest BCUT2D eigenvalue weighted by Gasteiger charge is 2.24. The summed E-state index contributed by atoms with van der Waals surface area (Å²) in [7, 11) is -1.03. The van der Waals surface area contributed by atoms with E-state index in [1.54, 1.807) is 7.05 Å². The molecule has 0 spiro atoms. The Kier molecular flexibility index (Phi) is 3.63. The number of aromatic nitrogens is 2. The van der Waals surface area contributed by atoms with Gasteiger partial charge in [-0.25, -0.2) is 8.42 Å². The van der Waals surface area contributed by atoms with Gasteiger partial charge in [-0.2, -0.15) is 0 Å². The number of hydrogen-bond donors (Lipinski definition) is 2. The fourth-order valence-electron chi connectivity index (χ4n) is 1.74. The molecular weight excluding hydrogens is 244 g/mol. The highest BCUT2D eigenvalue weighted by atomic mass is 32.2. The molecule has 7 nitrogen and oxygen atoms in total. The molecule has 0 saturated carbocycles. The van der Waals surface area contributed by atoms with E-state index in [2.05, 4.69) is 20.8 Å². The van der Waals surface area contributed by atoms with E-state index in [4.69, 9.17) is 4.42 Å². The van der Waals surface area contributed by atoms with Crippen LogP contribution in [0.3, 0.4) is 0 Å². The van der Waals surface area contributed by atoms with Crippen molar-refractivity contribution in [1.82, 2.24) is 15.5 Å². The average Bonchev–Trinajstić information content (AvgIpc) is 2.70. The molecular formula is C9H16N4O3S. The summed E-state index contributed by atoms with van der Waals surface area (Å²) in [5.74, 6) is 0.961. The maximum atomic E-state index is 11.3. The average molecular weight is 260 g/mol. The first-order chi connectivity index (χ1) is 8.09. The van der Waals surface area contributed by atoms with Crippen molar-refractivity contribution in [2.75, 3.05) is 23.9 Å². The van der Waals surface area contributed by atoms with Crippen molar-refractivity contribution in [1.29, 1.82) is 0 Å². The number of hydrogen-bond acceptors (Lipinski definition) is 7. The molecule has 17 heavy (non-hydrogen) atoms. The van der Waals surface area contributed by atoms with Crippen LogP contribution in [0.5, 0.6) is 0 Å². The van der Waals surface area contributed by atoms with Gasteiger partial charge in [0.2, 0.25) is 5.89 Å². The Labute approximate surface area is 99.9 Å². The van der Waals surface area contributed by atoms with Crippen LogP contribution in [-0.2, 0) is 16.4 Å². The molecule has 0 atom stereocenters. The van der Waals surface area contributed by atoms with Crippen LogP contribution in [0.4, 0.5) is 6.01 Å². The second-order valence-corrected chi connectivity index (χ2v) is 6.41. The summed E-state index contributed by atoms with van der Waals surface area (Å²) in [5.41, 5.74) is 0. The molecule has 2 heterocycles. The predicted octanol–water partition coefficient (Wildman–Crippen LogP) is -0.222. The second kappa shape index (κ2) is 5.01. The highest BCUT2D eigenvalue weighted by molar-refractivity contribution is 7.91. The van der Waals surface area contributed by atoms with Crippen molar-refractivity contribution >= 4 is 15.9 Å². The molecule has 0 aromatic carbocycles. The van der Waals surface area contributed by atoms with Gasteiger partial charge in [-0.3, -0.25) is 0 Å². The number of rotatable bonds is 4. The molecule has 1 aliphatic heterocycles. The molecule has 8 heteroatoms. The van der Waals surface area contributed by atoms with E-state index in [1.165, 1.54) is 0 Å². The molecule has 1 saturated heterocycles. The fraction of sp³-hybridized carbons (Fsp3) is 0.778. The SMILES string of the molecule is CNCc1nnc(NC2CCS(=O)(=O)CC2)o1. The summed E-state index contributed by atoms with van der Waals surface area (Å²) < 4.78 is 27.8. The molecule has 1 fully saturated rings. The minimum atomic E-state index is -2.83. The van der Waals surface area contributed by atoms with Gasteiger partial charge in [0, 0.05) is 6.04 Å². The summed E-state index contributed by atoms with van der Waals surface area (Å²) in [6.45, 7) is 0.522. The molecule has 96 valence electrons. The number of nitrogens with zero attached hydrogens (tertiary/aromatic N) is 2. The van der Waals surface area contributed by atoms with Gasteiger partial charge in [0.15, 0.2) is 0 Å². The van der Waals surface area contributed by atoms with Crippen LogP contribution in [0, 0.1) is 0 Å². The Morgan fingerprint density at radius 2 is 2.06 bits per heavy atom.